The third-order valence-electron chi connectivity index (χ3n) is 6.06. The average Bonchev–Trinajstić information content (AvgIpc) is 3.07. The normalized spacial score (nSPS) is 17.4. The van der Waals surface area contributed by atoms with Crippen LogP contribution in [-0.4, -0.2) is 6.54 Å². The quantitative estimate of drug-likeness (QED) is 0.657. The van der Waals surface area contributed by atoms with Crippen LogP contribution in [0, 0.1) is 19.8 Å². The SMILES string of the molecule is CC(=C1CCCC1)[C@H](C)C(C)c1cc(C)c(CCCN)cc1C. The number of nitrogens with two attached hydrogens (primary N) is 1. The van der Waals surface area contributed by atoms with Crippen molar-refractivity contribution in [1.29, 1.82) is 0 Å². The van der Waals surface area contributed by atoms with Crippen molar-refractivity contribution in [3.05, 3.63) is 45.5 Å². The molecule has 1 unspecified atom stereocenters. The van der Waals surface area contributed by atoms with Gasteiger partial charge in [-0.1, -0.05) is 37.1 Å². The van der Waals surface area contributed by atoms with Gasteiger partial charge in [-0.15, -0.1) is 0 Å². The van der Waals surface area contributed by atoms with E-state index in [0.29, 0.717) is 11.8 Å². The number of rotatable bonds is 6. The van der Waals surface area contributed by atoms with Gasteiger partial charge in [0.25, 0.3) is 0 Å². The van der Waals surface area contributed by atoms with Crippen LogP contribution in [0.25, 0.3) is 0 Å². The van der Waals surface area contributed by atoms with Crippen LogP contribution in [0.5, 0.6) is 0 Å². The Balaban J connectivity index is 2.23. The molecule has 1 fully saturated rings. The minimum Gasteiger partial charge on any atom is -0.330 e. The van der Waals surface area contributed by atoms with Crippen molar-refractivity contribution in [3.63, 3.8) is 0 Å². The van der Waals surface area contributed by atoms with E-state index in [1.165, 1.54) is 47.9 Å². The van der Waals surface area contributed by atoms with Crippen molar-refractivity contribution in [1.82, 2.24) is 0 Å². The number of hydrogen-bond donors (Lipinski definition) is 1. The molecular formula is C22H35N. The first kappa shape index (κ1) is 18.3. The molecule has 0 amide bonds. The van der Waals surface area contributed by atoms with E-state index in [9.17, 15) is 0 Å². The van der Waals surface area contributed by atoms with Gasteiger partial charge in [0.05, 0.1) is 0 Å². The minimum absolute atomic E-state index is 0.588. The van der Waals surface area contributed by atoms with Crippen molar-refractivity contribution in [2.24, 2.45) is 11.7 Å². The summed E-state index contributed by atoms with van der Waals surface area (Å²) >= 11 is 0. The van der Waals surface area contributed by atoms with Gasteiger partial charge in [-0.25, -0.2) is 0 Å². The number of benzene rings is 1. The summed E-state index contributed by atoms with van der Waals surface area (Å²) in [5.41, 5.74) is 14.9. The van der Waals surface area contributed by atoms with Crippen molar-refractivity contribution < 1.29 is 0 Å². The predicted molar refractivity (Wildman–Crippen MR) is 102 cm³/mol. The summed E-state index contributed by atoms with van der Waals surface area (Å²) in [5.74, 6) is 1.22. The number of aryl methyl sites for hydroxylation is 3. The van der Waals surface area contributed by atoms with Gasteiger partial charge in [0.1, 0.15) is 0 Å². The maximum atomic E-state index is 5.67. The molecule has 0 spiro atoms. The highest BCUT2D eigenvalue weighted by molar-refractivity contribution is 5.40. The molecule has 1 nitrogen and oxygen atoms in total. The fourth-order valence-electron chi connectivity index (χ4n) is 4.11. The lowest BCUT2D eigenvalue weighted by Gasteiger charge is -2.26. The molecule has 0 radical (unpaired) electrons. The molecule has 0 heterocycles. The molecule has 2 N–H and O–H groups in total. The maximum absolute atomic E-state index is 5.67. The van der Waals surface area contributed by atoms with Crippen molar-refractivity contribution in [2.75, 3.05) is 6.54 Å². The van der Waals surface area contributed by atoms with Gasteiger partial charge in [-0.05, 0) is 99.9 Å². The van der Waals surface area contributed by atoms with Crippen LogP contribution in [-0.2, 0) is 6.42 Å². The molecule has 128 valence electrons. The molecule has 2 atom stereocenters. The largest absolute Gasteiger partial charge is 0.330 e. The second-order valence-electron chi connectivity index (χ2n) is 7.60. The van der Waals surface area contributed by atoms with E-state index < -0.39 is 0 Å². The van der Waals surface area contributed by atoms with Crippen LogP contribution in [0.2, 0.25) is 0 Å². The van der Waals surface area contributed by atoms with Gasteiger partial charge >= 0.3 is 0 Å². The first-order valence-electron chi connectivity index (χ1n) is 9.44. The molecule has 0 saturated heterocycles. The Labute approximate surface area is 143 Å². The lowest BCUT2D eigenvalue weighted by Crippen LogP contribution is -2.11. The predicted octanol–water partition coefficient (Wildman–Crippen LogP) is 5.82. The van der Waals surface area contributed by atoms with Crippen molar-refractivity contribution >= 4 is 0 Å². The lowest BCUT2D eigenvalue weighted by molar-refractivity contribution is 0.550. The fourth-order valence-corrected chi connectivity index (χ4v) is 4.11. The Hall–Kier alpha value is -1.08. The first-order valence-corrected chi connectivity index (χ1v) is 9.44. The van der Waals surface area contributed by atoms with E-state index in [-0.39, 0.29) is 0 Å². The highest BCUT2D eigenvalue weighted by Gasteiger charge is 2.22. The summed E-state index contributed by atoms with van der Waals surface area (Å²) in [5, 5.41) is 0. The van der Waals surface area contributed by atoms with Gasteiger partial charge in [-0.3, -0.25) is 0 Å². The topological polar surface area (TPSA) is 26.0 Å². The standard InChI is InChI=1S/C22H35N/c1-15-14-22(16(2)13-21(15)11-8-12-23)19(5)17(3)18(4)20-9-6-7-10-20/h13-14,17,19H,6-12,23H2,1-5H3/t17-,19?/m0/s1. The van der Waals surface area contributed by atoms with Crippen LogP contribution in [0.3, 0.4) is 0 Å². The molecule has 1 aromatic carbocycles. The van der Waals surface area contributed by atoms with Gasteiger partial charge in [0.2, 0.25) is 0 Å². The average molecular weight is 314 g/mol. The number of allylic oxidation sites excluding steroid dienone is 2. The highest BCUT2D eigenvalue weighted by atomic mass is 14.5. The summed E-state index contributed by atoms with van der Waals surface area (Å²) < 4.78 is 0. The van der Waals surface area contributed by atoms with E-state index in [2.05, 4.69) is 46.8 Å². The van der Waals surface area contributed by atoms with Crippen LogP contribution in [0.15, 0.2) is 23.3 Å². The van der Waals surface area contributed by atoms with Crippen LogP contribution >= 0.6 is 0 Å². The van der Waals surface area contributed by atoms with Crippen molar-refractivity contribution in [3.8, 4) is 0 Å². The monoisotopic (exact) mass is 313 g/mol. The van der Waals surface area contributed by atoms with Gasteiger partial charge in [0.15, 0.2) is 0 Å². The molecule has 1 aromatic rings. The van der Waals surface area contributed by atoms with E-state index in [1.54, 1.807) is 11.1 Å². The third-order valence-corrected chi connectivity index (χ3v) is 6.06. The smallest absolute Gasteiger partial charge is 0.00741 e. The zero-order valence-corrected chi connectivity index (χ0v) is 15.8. The Morgan fingerprint density at radius 1 is 1.09 bits per heavy atom. The maximum Gasteiger partial charge on any atom is -0.00741 e. The van der Waals surface area contributed by atoms with E-state index in [4.69, 9.17) is 5.73 Å². The minimum atomic E-state index is 0.588. The Morgan fingerprint density at radius 3 is 2.35 bits per heavy atom. The Morgan fingerprint density at radius 2 is 1.74 bits per heavy atom. The fraction of sp³-hybridized carbons (Fsp3) is 0.636. The molecular weight excluding hydrogens is 278 g/mol. The van der Waals surface area contributed by atoms with Gasteiger partial charge in [-0.2, -0.15) is 0 Å². The van der Waals surface area contributed by atoms with E-state index in [0.717, 1.165) is 19.4 Å². The second-order valence-corrected chi connectivity index (χ2v) is 7.60. The van der Waals surface area contributed by atoms with E-state index in [1.807, 2.05) is 0 Å². The van der Waals surface area contributed by atoms with Crippen LogP contribution in [0.1, 0.15) is 81.0 Å². The van der Waals surface area contributed by atoms with Crippen LogP contribution < -0.4 is 5.73 Å². The summed E-state index contributed by atoms with van der Waals surface area (Å²) in [6.07, 6.45) is 7.63. The molecule has 23 heavy (non-hydrogen) atoms. The molecule has 0 bridgehead atoms. The highest BCUT2D eigenvalue weighted by Crippen LogP contribution is 2.37. The lowest BCUT2D eigenvalue weighted by atomic mass is 9.79. The number of hydrogen-bond acceptors (Lipinski definition) is 1. The molecule has 1 aliphatic rings. The summed E-state index contributed by atoms with van der Waals surface area (Å²) in [6.45, 7) is 12.5. The summed E-state index contributed by atoms with van der Waals surface area (Å²) in [7, 11) is 0. The Kier molecular flexibility index (Phi) is 6.47. The second kappa shape index (κ2) is 8.15. The van der Waals surface area contributed by atoms with Crippen LogP contribution in [0.4, 0.5) is 0 Å². The molecule has 1 saturated carbocycles. The Bertz CT molecular complexity index is 560. The van der Waals surface area contributed by atoms with Gasteiger partial charge in [0, 0.05) is 0 Å². The zero-order chi connectivity index (χ0) is 17.0. The summed E-state index contributed by atoms with van der Waals surface area (Å²) in [4.78, 5) is 0. The third kappa shape index (κ3) is 4.26. The van der Waals surface area contributed by atoms with Gasteiger partial charge < -0.3 is 5.73 Å². The molecule has 1 aliphatic carbocycles. The molecule has 2 rings (SSSR count). The first-order chi connectivity index (χ1) is 11.0. The molecule has 0 aliphatic heterocycles. The molecule has 0 aromatic heterocycles. The summed E-state index contributed by atoms with van der Waals surface area (Å²) in [6, 6.07) is 4.84. The van der Waals surface area contributed by atoms with Crippen molar-refractivity contribution in [2.45, 2.75) is 79.1 Å². The zero-order valence-electron chi connectivity index (χ0n) is 15.8. The van der Waals surface area contributed by atoms with E-state index >= 15 is 0 Å². The molecule has 1 heteroatoms.